The second kappa shape index (κ2) is 3.05. The first kappa shape index (κ1) is 8.05. The predicted octanol–water partition coefficient (Wildman–Crippen LogP) is 0.945. The van der Waals surface area contributed by atoms with Crippen LogP contribution >= 0.6 is 0 Å². The Hall–Kier alpha value is -0.570. The lowest BCUT2D eigenvalue weighted by molar-refractivity contribution is -0.139. The van der Waals surface area contributed by atoms with Crippen LogP contribution < -0.4 is 0 Å². The van der Waals surface area contributed by atoms with Crippen LogP contribution in [0.4, 0.5) is 0 Å². The van der Waals surface area contributed by atoms with Gasteiger partial charge in [-0.25, -0.2) is 0 Å². The molecule has 0 aromatic carbocycles. The first-order chi connectivity index (χ1) is 5.79. The predicted molar refractivity (Wildman–Crippen MR) is 45.0 cm³/mol. The average Bonchev–Trinajstić information content (AvgIpc) is 2.84. The molecule has 2 aliphatic rings. The molecule has 3 heteroatoms. The van der Waals surface area contributed by atoms with Crippen molar-refractivity contribution in [2.24, 2.45) is 5.92 Å². The van der Waals surface area contributed by atoms with Crippen molar-refractivity contribution in [2.75, 3.05) is 13.1 Å². The molecule has 0 spiro atoms. The minimum atomic E-state index is -0.606. The molecule has 0 aromatic heterocycles. The lowest BCUT2D eigenvalue weighted by Gasteiger charge is -2.26. The molecule has 3 nitrogen and oxygen atoms in total. The maximum atomic E-state index is 10.6. The van der Waals surface area contributed by atoms with Crippen molar-refractivity contribution < 1.29 is 9.90 Å². The Morgan fingerprint density at radius 3 is 2.42 bits per heavy atom. The molecule has 0 amide bonds. The highest BCUT2D eigenvalue weighted by Gasteiger charge is 2.46. The van der Waals surface area contributed by atoms with E-state index in [1.807, 2.05) is 0 Å². The van der Waals surface area contributed by atoms with Gasteiger partial charge in [-0.15, -0.1) is 0 Å². The highest BCUT2D eigenvalue weighted by molar-refractivity contribution is 5.74. The summed E-state index contributed by atoms with van der Waals surface area (Å²) >= 11 is 0. The van der Waals surface area contributed by atoms with Crippen molar-refractivity contribution in [3.63, 3.8) is 0 Å². The highest BCUT2D eigenvalue weighted by Crippen LogP contribution is 2.37. The van der Waals surface area contributed by atoms with Crippen molar-refractivity contribution in [1.82, 2.24) is 4.90 Å². The summed E-state index contributed by atoms with van der Waals surface area (Å²) in [5.74, 6) is -0.659. The molecule has 1 saturated carbocycles. The SMILES string of the molecule is O=C(O)C1CC1N1CCCCC1. The first-order valence-corrected chi connectivity index (χ1v) is 4.76. The van der Waals surface area contributed by atoms with Crippen LogP contribution in [-0.4, -0.2) is 35.1 Å². The lowest BCUT2D eigenvalue weighted by atomic mass is 10.1. The molecule has 1 aliphatic heterocycles. The van der Waals surface area contributed by atoms with Crippen molar-refractivity contribution in [3.8, 4) is 0 Å². The summed E-state index contributed by atoms with van der Waals surface area (Å²) < 4.78 is 0. The van der Waals surface area contributed by atoms with Crippen LogP contribution in [0.2, 0.25) is 0 Å². The van der Waals surface area contributed by atoms with E-state index in [0.29, 0.717) is 6.04 Å². The average molecular weight is 169 g/mol. The van der Waals surface area contributed by atoms with Crippen LogP contribution in [0.1, 0.15) is 25.7 Å². The summed E-state index contributed by atoms with van der Waals surface area (Å²) in [5, 5.41) is 8.73. The van der Waals surface area contributed by atoms with E-state index in [9.17, 15) is 4.79 Å². The van der Waals surface area contributed by atoms with Crippen molar-refractivity contribution in [3.05, 3.63) is 0 Å². The topological polar surface area (TPSA) is 40.5 Å². The second-order valence-electron chi connectivity index (χ2n) is 3.84. The minimum Gasteiger partial charge on any atom is -0.481 e. The van der Waals surface area contributed by atoms with Gasteiger partial charge in [0.15, 0.2) is 0 Å². The van der Waals surface area contributed by atoms with Gasteiger partial charge in [0.05, 0.1) is 5.92 Å². The fourth-order valence-corrected chi connectivity index (χ4v) is 2.10. The van der Waals surface area contributed by atoms with E-state index >= 15 is 0 Å². The van der Waals surface area contributed by atoms with E-state index < -0.39 is 5.97 Å². The smallest absolute Gasteiger partial charge is 0.308 e. The quantitative estimate of drug-likeness (QED) is 0.669. The molecule has 0 aromatic rings. The molecule has 1 N–H and O–H groups in total. The number of piperidine rings is 1. The number of aliphatic carboxylic acids is 1. The second-order valence-corrected chi connectivity index (χ2v) is 3.84. The Morgan fingerprint density at radius 1 is 1.25 bits per heavy atom. The Balaban J connectivity index is 1.83. The third kappa shape index (κ3) is 1.46. The molecular formula is C9H15NO2. The first-order valence-electron chi connectivity index (χ1n) is 4.76. The zero-order chi connectivity index (χ0) is 8.55. The number of carboxylic acids is 1. The molecule has 2 atom stereocenters. The minimum absolute atomic E-state index is 0.0527. The number of nitrogens with zero attached hydrogens (tertiary/aromatic N) is 1. The molecule has 2 unspecified atom stereocenters. The fraction of sp³-hybridized carbons (Fsp3) is 0.889. The van der Waals surface area contributed by atoms with Gasteiger partial charge in [-0.3, -0.25) is 9.69 Å². The molecule has 12 heavy (non-hydrogen) atoms. The van der Waals surface area contributed by atoms with Crippen molar-refractivity contribution in [2.45, 2.75) is 31.7 Å². The molecule has 68 valence electrons. The van der Waals surface area contributed by atoms with Crippen LogP contribution in [0.3, 0.4) is 0 Å². The van der Waals surface area contributed by atoms with Gasteiger partial charge < -0.3 is 5.11 Å². The van der Waals surface area contributed by atoms with E-state index in [0.717, 1.165) is 19.5 Å². The number of carbonyl (C=O) groups is 1. The van der Waals surface area contributed by atoms with Crippen LogP contribution in [0.15, 0.2) is 0 Å². The lowest BCUT2D eigenvalue weighted by Crippen LogP contribution is -2.33. The maximum absolute atomic E-state index is 10.6. The largest absolute Gasteiger partial charge is 0.481 e. The van der Waals surface area contributed by atoms with E-state index in [2.05, 4.69) is 4.90 Å². The molecule has 0 bridgehead atoms. The van der Waals surface area contributed by atoms with E-state index in [-0.39, 0.29) is 5.92 Å². The van der Waals surface area contributed by atoms with Gasteiger partial charge in [0.25, 0.3) is 0 Å². The highest BCUT2D eigenvalue weighted by atomic mass is 16.4. The van der Waals surface area contributed by atoms with Crippen LogP contribution in [0.25, 0.3) is 0 Å². The zero-order valence-corrected chi connectivity index (χ0v) is 7.20. The number of likely N-dealkylation sites (tertiary alicyclic amines) is 1. The van der Waals surface area contributed by atoms with Gasteiger partial charge in [0.2, 0.25) is 0 Å². The van der Waals surface area contributed by atoms with E-state index in [4.69, 9.17) is 5.11 Å². The third-order valence-electron chi connectivity index (χ3n) is 2.93. The Kier molecular flexibility index (Phi) is 2.05. The number of hydrogen-bond acceptors (Lipinski definition) is 2. The monoisotopic (exact) mass is 169 g/mol. The normalized spacial score (nSPS) is 36.3. The van der Waals surface area contributed by atoms with Gasteiger partial charge in [-0.1, -0.05) is 6.42 Å². The summed E-state index contributed by atoms with van der Waals surface area (Å²) in [6.45, 7) is 2.24. The summed E-state index contributed by atoms with van der Waals surface area (Å²) in [5.41, 5.74) is 0. The van der Waals surface area contributed by atoms with E-state index in [1.54, 1.807) is 0 Å². The van der Waals surface area contributed by atoms with Crippen LogP contribution in [0, 0.1) is 5.92 Å². The fourth-order valence-electron chi connectivity index (χ4n) is 2.10. The van der Waals surface area contributed by atoms with E-state index in [1.165, 1.54) is 19.3 Å². The standard InChI is InChI=1S/C9H15NO2/c11-9(12)7-6-8(7)10-4-2-1-3-5-10/h7-8H,1-6H2,(H,11,12). The Bertz CT molecular complexity index is 187. The maximum Gasteiger partial charge on any atom is 0.308 e. The van der Waals surface area contributed by atoms with Crippen molar-refractivity contribution in [1.29, 1.82) is 0 Å². The molecule has 1 heterocycles. The molecule has 2 fully saturated rings. The summed E-state index contributed by atoms with van der Waals surface area (Å²) in [4.78, 5) is 12.9. The Labute approximate surface area is 72.4 Å². The number of hydrogen-bond donors (Lipinski definition) is 1. The molecular weight excluding hydrogens is 154 g/mol. The molecule has 2 rings (SSSR count). The summed E-state index contributed by atoms with van der Waals surface area (Å²) in [6, 6.07) is 0.378. The van der Waals surface area contributed by atoms with Crippen LogP contribution in [0.5, 0.6) is 0 Å². The summed E-state index contributed by atoms with van der Waals surface area (Å²) in [7, 11) is 0. The third-order valence-corrected chi connectivity index (χ3v) is 2.93. The van der Waals surface area contributed by atoms with Gasteiger partial charge in [0, 0.05) is 6.04 Å². The van der Waals surface area contributed by atoms with Gasteiger partial charge in [-0.2, -0.15) is 0 Å². The molecule has 0 radical (unpaired) electrons. The van der Waals surface area contributed by atoms with Gasteiger partial charge in [0.1, 0.15) is 0 Å². The number of rotatable bonds is 2. The molecule has 1 saturated heterocycles. The van der Waals surface area contributed by atoms with Gasteiger partial charge >= 0.3 is 5.97 Å². The number of carboxylic acid groups (broad SMARTS) is 1. The zero-order valence-electron chi connectivity index (χ0n) is 7.20. The summed E-state index contributed by atoms with van der Waals surface area (Å²) in [6.07, 6.45) is 4.71. The Morgan fingerprint density at radius 2 is 1.92 bits per heavy atom. The van der Waals surface area contributed by atoms with Gasteiger partial charge in [-0.05, 0) is 32.4 Å². The molecule has 1 aliphatic carbocycles. The van der Waals surface area contributed by atoms with Crippen LogP contribution in [-0.2, 0) is 4.79 Å². The van der Waals surface area contributed by atoms with Crippen molar-refractivity contribution >= 4 is 5.97 Å².